The Hall–Kier alpha value is -3.35. The van der Waals surface area contributed by atoms with Crippen molar-refractivity contribution in [1.29, 1.82) is 0 Å². The van der Waals surface area contributed by atoms with Crippen LogP contribution >= 0.6 is 0 Å². The molecule has 5 atom stereocenters. The average molecular weight is 593 g/mol. The number of fused-ring (bicyclic) bond motifs is 3. The summed E-state index contributed by atoms with van der Waals surface area (Å²) in [5, 5.41) is 4.51. The summed E-state index contributed by atoms with van der Waals surface area (Å²) >= 11 is 0. The molecule has 1 unspecified atom stereocenters. The van der Waals surface area contributed by atoms with Gasteiger partial charge in [0.25, 0.3) is 0 Å². The lowest BCUT2D eigenvalue weighted by Gasteiger charge is -2.37. The molecule has 0 amide bonds. The number of rotatable bonds is 7. The van der Waals surface area contributed by atoms with E-state index in [1.807, 2.05) is 7.05 Å². The van der Waals surface area contributed by atoms with Crippen LogP contribution in [0.3, 0.4) is 0 Å². The van der Waals surface area contributed by atoms with E-state index < -0.39 is 11.5 Å². The molecule has 2 saturated heterocycles. The summed E-state index contributed by atoms with van der Waals surface area (Å²) in [7, 11) is 5.48. The number of imidazole rings is 1. The topological polar surface area (TPSA) is 127 Å². The highest BCUT2D eigenvalue weighted by Crippen LogP contribution is 2.47. The summed E-state index contributed by atoms with van der Waals surface area (Å²) in [4.78, 5) is 39.0. The third kappa shape index (κ3) is 4.48. The van der Waals surface area contributed by atoms with Gasteiger partial charge < -0.3 is 18.7 Å². The van der Waals surface area contributed by atoms with Gasteiger partial charge in [0.05, 0.1) is 30.2 Å². The van der Waals surface area contributed by atoms with Crippen LogP contribution < -0.4 is 10.4 Å². The quantitative estimate of drug-likeness (QED) is 0.378. The lowest BCUT2D eigenvalue weighted by molar-refractivity contribution is -0.127. The molecule has 0 aromatic carbocycles. The second-order valence-electron chi connectivity index (χ2n) is 12.6. The van der Waals surface area contributed by atoms with E-state index in [4.69, 9.17) is 28.7 Å². The number of carbonyl (C=O) groups is 1. The minimum absolute atomic E-state index is 0.00784. The van der Waals surface area contributed by atoms with Crippen molar-refractivity contribution in [2.24, 2.45) is 7.05 Å². The summed E-state index contributed by atoms with van der Waals surface area (Å²) in [6, 6.07) is -0.148. The maximum Gasteiger partial charge on any atom is 0.330 e. The second-order valence-corrected chi connectivity index (χ2v) is 12.6. The lowest BCUT2D eigenvalue weighted by atomic mass is 9.64. The molecule has 0 bridgehead atoms. The van der Waals surface area contributed by atoms with E-state index in [2.05, 4.69) is 16.6 Å². The Balaban J connectivity index is 1.38. The van der Waals surface area contributed by atoms with E-state index in [1.165, 1.54) is 0 Å². The molecule has 3 fully saturated rings. The van der Waals surface area contributed by atoms with Crippen molar-refractivity contribution >= 4 is 16.9 Å². The van der Waals surface area contributed by atoms with E-state index >= 15 is 0 Å². The minimum Gasteiger partial charge on any atom is -0.467 e. The van der Waals surface area contributed by atoms with E-state index in [9.17, 15) is 9.59 Å². The molecule has 12 nitrogen and oxygen atoms in total. The van der Waals surface area contributed by atoms with Crippen molar-refractivity contribution in [2.75, 3.05) is 33.9 Å². The number of aromatic nitrogens is 5. The number of likely N-dealkylation sites (tertiary alicyclic amines) is 1. The van der Waals surface area contributed by atoms with Crippen LogP contribution in [0.2, 0.25) is 0 Å². The number of nitrogens with zero attached hydrogens (tertiary/aromatic N) is 6. The molecule has 1 saturated carbocycles. The first-order valence-corrected chi connectivity index (χ1v) is 15.5. The number of likely N-dealkylation sites (N-methyl/N-ethyl adjacent to an activating group) is 1. The number of hydrogen-bond acceptors (Lipinski definition) is 10. The number of methoxy groups -OCH3 is 1. The Kier molecular flexibility index (Phi) is 7.26. The van der Waals surface area contributed by atoms with Crippen LogP contribution in [0, 0.1) is 0 Å². The normalized spacial score (nSPS) is 28.5. The molecule has 0 N–H and O–H groups in total. The first-order chi connectivity index (χ1) is 20.9. The third-order valence-corrected chi connectivity index (χ3v) is 10.2. The molecular weight excluding hydrogens is 552 g/mol. The highest BCUT2D eigenvalue weighted by molar-refractivity contribution is 5.91. The Labute approximate surface area is 250 Å². The van der Waals surface area contributed by atoms with E-state index in [0.717, 1.165) is 62.7 Å². The van der Waals surface area contributed by atoms with Gasteiger partial charge in [-0.25, -0.2) is 9.78 Å². The highest BCUT2D eigenvalue weighted by atomic mass is 16.5. The molecular formula is C31H40N6O6. The minimum atomic E-state index is -0.591. The predicted molar refractivity (Wildman–Crippen MR) is 157 cm³/mol. The molecule has 7 rings (SSSR count). The van der Waals surface area contributed by atoms with E-state index in [0.29, 0.717) is 48.8 Å². The molecule has 1 spiro atoms. The number of hydrogen-bond donors (Lipinski definition) is 0. The van der Waals surface area contributed by atoms with Gasteiger partial charge in [-0.15, -0.1) is 0 Å². The third-order valence-electron chi connectivity index (χ3n) is 10.2. The van der Waals surface area contributed by atoms with Crippen LogP contribution in [0.15, 0.2) is 22.0 Å². The largest absolute Gasteiger partial charge is 0.467 e. The molecule has 2 aliphatic heterocycles. The van der Waals surface area contributed by atoms with Crippen molar-refractivity contribution in [2.45, 2.75) is 87.5 Å². The molecule has 4 aliphatic rings. The van der Waals surface area contributed by atoms with Crippen molar-refractivity contribution in [3.8, 4) is 17.5 Å². The molecule has 0 radical (unpaired) electrons. The van der Waals surface area contributed by atoms with Gasteiger partial charge in [0.2, 0.25) is 17.5 Å². The summed E-state index contributed by atoms with van der Waals surface area (Å²) in [5.74, 6) is 1.27. The van der Waals surface area contributed by atoms with Gasteiger partial charge in [-0.3, -0.25) is 18.8 Å². The van der Waals surface area contributed by atoms with Crippen LogP contribution in [0.4, 0.5) is 0 Å². The van der Waals surface area contributed by atoms with Gasteiger partial charge >= 0.3 is 5.69 Å². The Morgan fingerprint density at radius 3 is 2.70 bits per heavy atom. The smallest absolute Gasteiger partial charge is 0.330 e. The lowest BCUT2D eigenvalue weighted by Crippen LogP contribution is -2.41. The first kappa shape index (κ1) is 28.4. The van der Waals surface area contributed by atoms with Crippen LogP contribution in [-0.2, 0) is 33.2 Å². The Morgan fingerprint density at radius 1 is 1.14 bits per heavy atom. The van der Waals surface area contributed by atoms with Crippen molar-refractivity contribution in [3.63, 3.8) is 0 Å². The zero-order valence-electron chi connectivity index (χ0n) is 25.2. The Morgan fingerprint density at radius 2 is 1.98 bits per heavy atom. The fourth-order valence-electron chi connectivity index (χ4n) is 7.80. The Bertz CT molecular complexity index is 1620. The molecule has 3 aromatic rings. The second kappa shape index (κ2) is 11.0. The van der Waals surface area contributed by atoms with Crippen molar-refractivity contribution in [3.05, 3.63) is 34.4 Å². The molecule has 5 heterocycles. The summed E-state index contributed by atoms with van der Waals surface area (Å²) < 4.78 is 27.2. The molecule has 12 heteroatoms. The number of Topliss-reactive ketones (excluding diaryl/α,β-unsaturated/α-hetero) is 1. The van der Waals surface area contributed by atoms with Crippen LogP contribution in [-0.4, -0.2) is 87.1 Å². The molecule has 43 heavy (non-hydrogen) atoms. The van der Waals surface area contributed by atoms with Gasteiger partial charge in [0, 0.05) is 39.3 Å². The van der Waals surface area contributed by atoms with E-state index in [-0.39, 0.29) is 35.5 Å². The molecule has 230 valence electrons. The van der Waals surface area contributed by atoms with Crippen LogP contribution in [0.25, 0.3) is 22.7 Å². The summed E-state index contributed by atoms with van der Waals surface area (Å²) in [6.07, 6.45) is 8.58. The zero-order chi connectivity index (χ0) is 29.9. The monoisotopic (exact) mass is 592 g/mol. The standard InChI is InChI=1S/C31H40N6O6/c1-5-22(21-15-19(40-4)16-35(21)2)42-29-24-28(37(30(39)36(24)3)18-11-14-41-17-18)32-27(33-29)25-20-9-8-13-31(26(20)34-43-25)12-7-6-10-23(31)38/h5,18-19,21-22H,1,6-17H2,2-4H3/t18?,19-,21+,22+,31-/m1/s1. The van der Waals surface area contributed by atoms with Gasteiger partial charge in [-0.1, -0.05) is 18.2 Å². The SMILES string of the molecule is C=C[C@H](Oc1nc(-c2onc3c2CCC[C@@]32CCCCC2=O)nc2c1n(C)c(=O)n2C1CCOC1)[C@@H]1C[C@@H](OC)CN1C. The van der Waals surface area contributed by atoms with E-state index in [1.54, 1.807) is 29.4 Å². The highest BCUT2D eigenvalue weighted by Gasteiger charge is 2.48. The number of carbonyl (C=O) groups excluding carboxylic acids is 1. The average Bonchev–Trinajstić information content (AvgIpc) is 3.81. The first-order valence-electron chi connectivity index (χ1n) is 15.5. The van der Waals surface area contributed by atoms with Crippen LogP contribution in [0.1, 0.15) is 68.7 Å². The summed E-state index contributed by atoms with van der Waals surface area (Å²) in [6.45, 7) is 5.86. The number of ether oxygens (including phenoxy) is 3. The summed E-state index contributed by atoms with van der Waals surface area (Å²) in [5.41, 5.74) is 1.79. The molecule has 2 aliphatic carbocycles. The van der Waals surface area contributed by atoms with Crippen molar-refractivity contribution in [1.82, 2.24) is 29.2 Å². The van der Waals surface area contributed by atoms with Crippen LogP contribution in [0.5, 0.6) is 5.88 Å². The maximum absolute atomic E-state index is 13.7. The van der Waals surface area contributed by atoms with Crippen molar-refractivity contribution < 1.29 is 23.5 Å². The predicted octanol–water partition coefficient (Wildman–Crippen LogP) is 3.12. The fraction of sp³-hybridized carbons (Fsp3) is 0.645. The maximum atomic E-state index is 13.7. The molecule has 3 aromatic heterocycles. The number of aryl methyl sites for hydroxylation is 1. The zero-order valence-corrected chi connectivity index (χ0v) is 25.2. The number of ketones is 1. The van der Waals surface area contributed by atoms with Gasteiger partial charge in [-0.05, 0) is 58.1 Å². The van der Waals surface area contributed by atoms with Gasteiger partial charge in [-0.2, -0.15) is 4.98 Å². The van der Waals surface area contributed by atoms with Gasteiger partial charge in [0.15, 0.2) is 11.2 Å². The fourth-order valence-corrected chi connectivity index (χ4v) is 7.80. The van der Waals surface area contributed by atoms with Gasteiger partial charge in [0.1, 0.15) is 17.6 Å².